The first-order valence-corrected chi connectivity index (χ1v) is 9.61. The van der Waals surface area contributed by atoms with Crippen LogP contribution < -0.4 is 0 Å². The van der Waals surface area contributed by atoms with Crippen LogP contribution in [0, 0.1) is 0 Å². The maximum Gasteiger partial charge on any atom is 0.294 e. The molecule has 0 saturated carbocycles. The van der Waals surface area contributed by atoms with Crippen molar-refractivity contribution >= 4 is 33.4 Å². The molecule has 0 aliphatic rings. The fourth-order valence-electron chi connectivity index (χ4n) is 2.71. The quantitative estimate of drug-likeness (QED) is 0.544. The van der Waals surface area contributed by atoms with Gasteiger partial charge in [-0.3, -0.25) is 4.55 Å². The van der Waals surface area contributed by atoms with Crippen LogP contribution in [0.3, 0.4) is 0 Å². The first-order valence-electron chi connectivity index (χ1n) is 8.17. The lowest BCUT2D eigenvalue weighted by Gasteiger charge is -1.99. The molecule has 4 aromatic rings. The standard InChI is InChI=1S/C20H15N3O3S/c24-27(25,26)18-9-6-15(7-10-18)12-13-23-21-19-11-8-17(14-20(19)22-23)16-4-2-1-3-5-16/h1-14H,(H,24,25,26). The predicted octanol–water partition coefficient (Wildman–Crippen LogP) is 3.97. The topological polar surface area (TPSA) is 85.1 Å². The fourth-order valence-corrected chi connectivity index (χ4v) is 3.19. The Balaban J connectivity index is 1.60. The van der Waals surface area contributed by atoms with Gasteiger partial charge in [-0.2, -0.15) is 13.2 Å². The third kappa shape index (κ3) is 3.79. The summed E-state index contributed by atoms with van der Waals surface area (Å²) in [4.78, 5) is 1.33. The summed E-state index contributed by atoms with van der Waals surface area (Å²) in [5, 5.41) is 8.86. The van der Waals surface area contributed by atoms with E-state index in [9.17, 15) is 8.42 Å². The molecule has 1 heterocycles. The number of rotatable bonds is 4. The number of hydrogen-bond donors (Lipinski definition) is 1. The summed E-state index contributed by atoms with van der Waals surface area (Å²) in [6.45, 7) is 0. The summed E-state index contributed by atoms with van der Waals surface area (Å²) in [6, 6.07) is 21.8. The summed E-state index contributed by atoms with van der Waals surface area (Å²) < 4.78 is 31.1. The zero-order valence-electron chi connectivity index (χ0n) is 14.1. The van der Waals surface area contributed by atoms with Crippen LogP contribution in [0.25, 0.3) is 34.4 Å². The van der Waals surface area contributed by atoms with Crippen LogP contribution in [0.1, 0.15) is 5.56 Å². The molecule has 134 valence electrons. The van der Waals surface area contributed by atoms with Crippen LogP contribution in [0.5, 0.6) is 0 Å². The lowest BCUT2D eigenvalue weighted by Crippen LogP contribution is -1.97. The van der Waals surface area contributed by atoms with Gasteiger partial charge in [0.15, 0.2) is 0 Å². The van der Waals surface area contributed by atoms with Gasteiger partial charge in [0.05, 0.1) is 11.1 Å². The maximum atomic E-state index is 11.1. The summed E-state index contributed by atoms with van der Waals surface area (Å²) in [5.74, 6) is 0. The zero-order chi connectivity index (χ0) is 18.9. The van der Waals surface area contributed by atoms with E-state index in [1.807, 2.05) is 48.5 Å². The van der Waals surface area contributed by atoms with Gasteiger partial charge in [-0.05, 0) is 47.0 Å². The highest BCUT2D eigenvalue weighted by Crippen LogP contribution is 2.22. The van der Waals surface area contributed by atoms with Gasteiger partial charge < -0.3 is 0 Å². The van der Waals surface area contributed by atoms with Crippen molar-refractivity contribution in [1.29, 1.82) is 0 Å². The van der Waals surface area contributed by atoms with Gasteiger partial charge in [-0.25, -0.2) is 0 Å². The summed E-state index contributed by atoms with van der Waals surface area (Å²) >= 11 is 0. The van der Waals surface area contributed by atoms with E-state index in [1.165, 1.54) is 16.9 Å². The molecule has 1 N–H and O–H groups in total. The van der Waals surface area contributed by atoms with Crippen molar-refractivity contribution in [3.05, 3.63) is 78.4 Å². The molecule has 0 saturated heterocycles. The summed E-state index contributed by atoms with van der Waals surface area (Å²) in [7, 11) is -4.19. The first kappa shape index (κ1) is 17.1. The van der Waals surface area contributed by atoms with E-state index >= 15 is 0 Å². The molecule has 0 unspecified atom stereocenters. The third-order valence-corrected chi connectivity index (χ3v) is 4.95. The third-order valence-electron chi connectivity index (χ3n) is 4.08. The average molecular weight is 377 g/mol. The average Bonchev–Trinajstić information content (AvgIpc) is 3.09. The number of hydrogen-bond acceptors (Lipinski definition) is 4. The zero-order valence-corrected chi connectivity index (χ0v) is 14.9. The van der Waals surface area contributed by atoms with Gasteiger partial charge in [-0.1, -0.05) is 48.5 Å². The largest absolute Gasteiger partial charge is 0.294 e. The van der Waals surface area contributed by atoms with Gasteiger partial charge in [0.1, 0.15) is 11.0 Å². The molecule has 0 amide bonds. The minimum atomic E-state index is -4.19. The molecule has 0 spiro atoms. The van der Waals surface area contributed by atoms with E-state index < -0.39 is 10.1 Å². The minimum Gasteiger partial charge on any atom is -0.282 e. The molecule has 3 aromatic carbocycles. The van der Waals surface area contributed by atoms with Crippen LogP contribution in [0.15, 0.2) is 77.7 Å². The van der Waals surface area contributed by atoms with Gasteiger partial charge in [0.2, 0.25) is 0 Å². The van der Waals surface area contributed by atoms with Gasteiger partial charge >= 0.3 is 0 Å². The molecule has 0 aliphatic carbocycles. The number of benzene rings is 3. The lowest BCUT2D eigenvalue weighted by molar-refractivity contribution is 0.483. The Kier molecular flexibility index (Phi) is 4.31. The van der Waals surface area contributed by atoms with Crippen molar-refractivity contribution in [2.75, 3.05) is 0 Å². The highest BCUT2D eigenvalue weighted by atomic mass is 32.2. The Labute approximate surface area is 156 Å². The molecule has 1 aromatic heterocycles. The van der Waals surface area contributed by atoms with Crippen LogP contribution in [0.2, 0.25) is 0 Å². The second-order valence-corrected chi connectivity index (χ2v) is 7.37. The minimum absolute atomic E-state index is 0.143. The van der Waals surface area contributed by atoms with Crippen molar-refractivity contribution in [1.82, 2.24) is 15.0 Å². The van der Waals surface area contributed by atoms with Crippen molar-refractivity contribution in [3.63, 3.8) is 0 Å². The maximum absolute atomic E-state index is 11.1. The Morgan fingerprint density at radius 2 is 1.52 bits per heavy atom. The Morgan fingerprint density at radius 3 is 2.22 bits per heavy atom. The van der Waals surface area contributed by atoms with Gasteiger partial charge in [0.25, 0.3) is 10.1 Å². The highest BCUT2D eigenvalue weighted by molar-refractivity contribution is 7.85. The van der Waals surface area contributed by atoms with Crippen LogP contribution in [-0.2, 0) is 10.1 Å². The Hall–Kier alpha value is -3.29. The molecular weight excluding hydrogens is 362 g/mol. The normalized spacial score (nSPS) is 12.0. The summed E-state index contributed by atoms with van der Waals surface area (Å²) in [6.07, 6.45) is 3.44. The van der Waals surface area contributed by atoms with Gasteiger partial charge in [-0.15, -0.1) is 10.2 Å². The van der Waals surface area contributed by atoms with Crippen LogP contribution in [0.4, 0.5) is 0 Å². The smallest absolute Gasteiger partial charge is 0.282 e. The Bertz CT molecular complexity index is 1230. The van der Waals surface area contributed by atoms with E-state index in [0.717, 1.165) is 27.7 Å². The van der Waals surface area contributed by atoms with Gasteiger partial charge in [0, 0.05) is 0 Å². The first-order chi connectivity index (χ1) is 13.0. The molecule has 0 aliphatic heterocycles. The van der Waals surface area contributed by atoms with Crippen LogP contribution in [-0.4, -0.2) is 28.0 Å². The predicted molar refractivity (Wildman–Crippen MR) is 104 cm³/mol. The molecule has 7 heteroatoms. The van der Waals surface area contributed by atoms with E-state index in [1.54, 1.807) is 24.4 Å². The number of fused-ring (bicyclic) bond motifs is 1. The molecule has 0 fully saturated rings. The van der Waals surface area contributed by atoms with E-state index in [0.29, 0.717) is 0 Å². The van der Waals surface area contributed by atoms with Crippen molar-refractivity contribution in [2.45, 2.75) is 4.90 Å². The molecule has 4 rings (SSSR count). The fraction of sp³-hybridized carbons (Fsp3) is 0. The Morgan fingerprint density at radius 1 is 0.815 bits per heavy atom. The molecular formula is C20H15N3O3S. The molecule has 0 radical (unpaired) electrons. The summed E-state index contributed by atoms with van der Waals surface area (Å²) in [5.41, 5.74) is 4.50. The SMILES string of the molecule is O=S(=O)(O)c1ccc(C=Cn2nc3ccc(-c4ccccc4)cc3n2)cc1. The van der Waals surface area contributed by atoms with E-state index in [-0.39, 0.29) is 4.90 Å². The lowest BCUT2D eigenvalue weighted by atomic mass is 10.1. The van der Waals surface area contributed by atoms with E-state index in [2.05, 4.69) is 10.2 Å². The van der Waals surface area contributed by atoms with Crippen LogP contribution >= 0.6 is 0 Å². The highest BCUT2D eigenvalue weighted by Gasteiger charge is 2.08. The van der Waals surface area contributed by atoms with Crippen molar-refractivity contribution in [3.8, 4) is 11.1 Å². The molecule has 0 atom stereocenters. The van der Waals surface area contributed by atoms with E-state index in [4.69, 9.17) is 4.55 Å². The van der Waals surface area contributed by atoms with Crippen molar-refractivity contribution in [2.24, 2.45) is 0 Å². The van der Waals surface area contributed by atoms with Crippen molar-refractivity contribution < 1.29 is 13.0 Å². The number of aromatic nitrogens is 3. The molecule has 0 bridgehead atoms. The second-order valence-electron chi connectivity index (χ2n) is 5.95. The molecule has 6 nitrogen and oxygen atoms in total. The second kappa shape index (κ2) is 6.79. The molecule has 27 heavy (non-hydrogen) atoms. The monoisotopic (exact) mass is 377 g/mol. The number of nitrogens with zero attached hydrogens (tertiary/aromatic N) is 3.